The van der Waals surface area contributed by atoms with Crippen LogP contribution < -0.4 is 5.73 Å². The van der Waals surface area contributed by atoms with Crippen molar-refractivity contribution in [2.24, 2.45) is 5.73 Å². The lowest BCUT2D eigenvalue weighted by atomic mass is 10.0. The predicted octanol–water partition coefficient (Wildman–Crippen LogP) is -0.851. The van der Waals surface area contributed by atoms with Gasteiger partial charge in [-0.15, -0.1) is 0 Å². The Morgan fingerprint density at radius 3 is 2.45 bits per heavy atom. The van der Waals surface area contributed by atoms with Gasteiger partial charge in [0.05, 0.1) is 17.1 Å². The highest BCUT2D eigenvalue weighted by molar-refractivity contribution is 7.91. The van der Waals surface area contributed by atoms with Crippen molar-refractivity contribution in [2.75, 3.05) is 25.2 Å². The normalized spacial score (nSPS) is 35.8. The zero-order valence-electron chi connectivity index (χ0n) is 6.54. The summed E-state index contributed by atoms with van der Waals surface area (Å²) in [7, 11) is -1.38. The van der Waals surface area contributed by atoms with Crippen LogP contribution in [0.2, 0.25) is 0 Å². The summed E-state index contributed by atoms with van der Waals surface area (Å²) in [6.45, 7) is 0.280. The molecule has 66 valence electrons. The topological polar surface area (TPSA) is 69.4 Å². The average Bonchev–Trinajstić information content (AvgIpc) is 2.28. The molecular formula is C6H13NO3S. The maximum atomic E-state index is 11.0. The van der Waals surface area contributed by atoms with E-state index >= 15 is 0 Å². The first-order valence-electron chi connectivity index (χ1n) is 3.49. The van der Waals surface area contributed by atoms with Gasteiger partial charge in [-0.25, -0.2) is 8.42 Å². The minimum Gasteiger partial charge on any atom is -0.376 e. The Labute approximate surface area is 66.6 Å². The molecule has 1 rings (SSSR count). The van der Waals surface area contributed by atoms with Crippen molar-refractivity contribution in [3.8, 4) is 0 Å². The van der Waals surface area contributed by atoms with Gasteiger partial charge in [0.15, 0.2) is 9.84 Å². The molecule has 0 aromatic rings. The molecule has 1 aliphatic rings. The number of methoxy groups -OCH3 is 1. The summed E-state index contributed by atoms with van der Waals surface area (Å²) in [4.78, 5) is 0. The van der Waals surface area contributed by atoms with Crippen LogP contribution in [0.4, 0.5) is 0 Å². The summed E-state index contributed by atoms with van der Waals surface area (Å²) in [5, 5.41) is 0. The molecular weight excluding hydrogens is 166 g/mol. The van der Waals surface area contributed by atoms with Crippen LogP contribution in [0.15, 0.2) is 0 Å². The van der Waals surface area contributed by atoms with Gasteiger partial charge in [0.25, 0.3) is 0 Å². The molecule has 0 spiro atoms. The number of ether oxygens (including phenoxy) is 1. The van der Waals surface area contributed by atoms with Crippen molar-refractivity contribution in [1.82, 2.24) is 0 Å². The Balaban J connectivity index is 2.78. The third-order valence-corrected chi connectivity index (χ3v) is 3.95. The summed E-state index contributed by atoms with van der Waals surface area (Å²) in [6.07, 6.45) is 0.530. The van der Waals surface area contributed by atoms with Gasteiger partial charge in [0, 0.05) is 13.7 Å². The van der Waals surface area contributed by atoms with Crippen molar-refractivity contribution >= 4 is 9.84 Å². The van der Waals surface area contributed by atoms with Gasteiger partial charge in [-0.05, 0) is 6.42 Å². The van der Waals surface area contributed by atoms with Crippen LogP contribution in [0.5, 0.6) is 0 Å². The summed E-state index contributed by atoms with van der Waals surface area (Å²) < 4.78 is 27.1. The lowest BCUT2D eigenvalue weighted by Gasteiger charge is -2.23. The number of rotatable bonds is 2. The van der Waals surface area contributed by atoms with Crippen molar-refractivity contribution in [2.45, 2.75) is 12.0 Å². The monoisotopic (exact) mass is 179 g/mol. The molecule has 1 unspecified atom stereocenters. The zero-order valence-corrected chi connectivity index (χ0v) is 7.36. The highest BCUT2D eigenvalue weighted by Crippen LogP contribution is 2.25. The highest BCUT2D eigenvalue weighted by atomic mass is 32.2. The Bertz CT molecular complexity index is 230. The van der Waals surface area contributed by atoms with Gasteiger partial charge in [0.2, 0.25) is 0 Å². The Kier molecular flexibility index (Phi) is 2.22. The van der Waals surface area contributed by atoms with E-state index in [9.17, 15) is 8.42 Å². The predicted molar refractivity (Wildman–Crippen MR) is 42.1 cm³/mol. The van der Waals surface area contributed by atoms with Crippen LogP contribution in [0.3, 0.4) is 0 Å². The summed E-state index contributed by atoms with van der Waals surface area (Å²) in [5.41, 5.74) is 4.81. The molecule has 0 saturated carbocycles. The standard InChI is InChI=1S/C6H13NO3S/c1-10-6(4-7)2-3-11(8,9)5-6/h2-5,7H2,1H3. The van der Waals surface area contributed by atoms with E-state index in [0.717, 1.165) is 0 Å². The second kappa shape index (κ2) is 2.73. The SMILES string of the molecule is COC1(CN)CCS(=O)(=O)C1. The van der Waals surface area contributed by atoms with E-state index < -0.39 is 15.4 Å². The van der Waals surface area contributed by atoms with Crippen LogP contribution in [0, 0.1) is 0 Å². The fourth-order valence-electron chi connectivity index (χ4n) is 1.29. The van der Waals surface area contributed by atoms with Crippen LogP contribution in [-0.2, 0) is 14.6 Å². The molecule has 1 aliphatic heterocycles. The fraction of sp³-hybridized carbons (Fsp3) is 1.00. The molecule has 11 heavy (non-hydrogen) atoms. The summed E-state index contributed by atoms with van der Waals surface area (Å²) in [6, 6.07) is 0. The second-order valence-corrected chi connectivity index (χ2v) is 5.12. The van der Waals surface area contributed by atoms with Gasteiger partial charge in [-0.1, -0.05) is 0 Å². The summed E-state index contributed by atoms with van der Waals surface area (Å²) in [5.74, 6) is 0.283. The molecule has 0 amide bonds. The van der Waals surface area contributed by atoms with Gasteiger partial charge in [-0.2, -0.15) is 0 Å². The fourth-order valence-corrected chi connectivity index (χ4v) is 3.30. The smallest absolute Gasteiger partial charge is 0.153 e. The maximum Gasteiger partial charge on any atom is 0.153 e. The van der Waals surface area contributed by atoms with Crippen LogP contribution in [0.1, 0.15) is 6.42 Å². The molecule has 1 heterocycles. The lowest BCUT2D eigenvalue weighted by molar-refractivity contribution is 0.0205. The zero-order chi connectivity index (χ0) is 8.54. The van der Waals surface area contributed by atoms with Gasteiger partial charge in [0.1, 0.15) is 0 Å². The maximum absolute atomic E-state index is 11.0. The molecule has 1 fully saturated rings. The number of hydrogen-bond acceptors (Lipinski definition) is 4. The highest BCUT2D eigenvalue weighted by Gasteiger charge is 2.41. The molecule has 4 nitrogen and oxygen atoms in total. The third-order valence-electron chi connectivity index (χ3n) is 2.16. The van der Waals surface area contributed by atoms with E-state index in [1.807, 2.05) is 0 Å². The van der Waals surface area contributed by atoms with Crippen molar-refractivity contribution < 1.29 is 13.2 Å². The van der Waals surface area contributed by atoms with E-state index in [4.69, 9.17) is 10.5 Å². The third kappa shape index (κ3) is 1.72. The second-order valence-electron chi connectivity index (χ2n) is 2.93. The summed E-state index contributed by atoms with van der Waals surface area (Å²) >= 11 is 0. The molecule has 5 heteroatoms. The lowest BCUT2D eigenvalue weighted by Crippen LogP contribution is -2.40. The largest absolute Gasteiger partial charge is 0.376 e. The molecule has 0 aromatic carbocycles. The average molecular weight is 179 g/mol. The Morgan fingerprint density at radius 2 is 2.27 bits per heavy atom. The van der Waals surface area contributed by atoms with Gasteiger partial charge < -0.3 is 10.5 Å². The van der Waals surface area contributed by atoms with E-state index in [0.29, 0.717) is 6.42 Å². The number of hydrogen-bond donors (Lipinski definition) is 1. The van der Waals surface area contributed by atoms with Crippen LogP contribution in [-0.4, -0.2) is 39.2 Å². The molecule has 0 radical (unpaired) electrons. The minimum atomic E-state index is -2.88. The quantitative estimate of drug-likeness (QED) is 0.599. The number of sulfone groups is 1. The van der Waals surface area contributed by atoms with Crippen LogP contribution in [0.25, 0.3) is 0 Å². The van der Waals surface area contributed by atoms with Gasteiger partial charge in [-0.3, -0.25) is 0 Å². The van der Waals surface area contributed by atoms with E-state index in [1.54, 1.807) is 0 Å². The Hall–Kier alpha value is -0.130. The Morgan fingerprint density at radius 1 is 1.64 bits per heavy atom. The first-order valence-corrected chi connectivity index (χ1v) is 5.31. The molecule has 0 aromatic heterocycles. The minimum absolute atomic E-state index is 0.0764. The first kappa shape index (κ1) is 8.96. The molecule has 2 N–H and O–H groups in total. The number of nitrogens with two attached hydrogens (primary N) is 1. The van der Waals surface area contributed by atoms with Crippen LogP contribution >= 0.6 is 0 Å². The van der Waals surface area contributed by atoms with E-state index in [-0.39, 0.29) is 18.1 Å². The molecule has 1 atom stereocenters. The van der Waals surface area contributed by atoms with E-state index in [2.05, 4.69) is 0 Å². The van der Waals surface area contributed by atoms with Gasteiger partial charge >= 0.3 is 0 Å². The molecule has 1 saturated heterocycles. The van der Waals surface area contributed by atoms with Crippen molar-refractivity contribution in [1.29, 1.82) is 0 Å². The first-order chi connectivity index (χ1) is 5.04. The molecule has 0 bridgehead atoms. The van der Waals surface area contributed by atoms with Crippen molar-refractivity contribution in [3.63, 3.8) is 0 Å². The van der Waals surface area contributed by atoms with E-state index in [1.165, 1.54) is 7.11 Å². The van der Waals surface area contributed by atoms with Crippen molar-refractivity contribution in [3.05, 3.63) is 0 Å². The molecule has 0 aliphatic carbocycles.